The van der Waals surface area contributed by atoms with Gasteiger partial charge in [-0.05, 0) is 35.9 Å². The molecule has 37 heavy (non-hydrogen) atoms. The molecule has 0 spiro atoms. The lowest BCUT2D eigenvalue weighted by atomic mass is 9.89. The molecule has 0 saturated heterocycles. The number of nitrogens with zero attached hydrogens (tertiary/aromatic N) is 5. The summed E-state index contributed by atoms with van der Waals surface area (Å²) in [6, 6.07) is 9.39. The van der Waals surface area contributed by atoms with Crippen molar-refractivity contribution >= 4 is 32.7 Å². The molecule has 0 aliphatic carbocycles. The number of hydrogen-bond donors (Lipinski definition) is 2. The Morgan fingerprint density at radius 2 is 1.86 bits per heavy atom. The fourth-order valence-corrected chi connectivity index (χ4v) is 5.51. The smallest absolute Gasteiger partial charge is 0.278 e. The van der Waals surface area contributed by atoms with Gasteiger partial charge in [0.05, 0.1) is 40.9 Å². The average Bonchev–Trinajstić information content (AvgIpc) is 3.24. The zero-order valence-corrected chi connectivity index (χ0v) is 21.9. The predicted molar refractivity (Wildman–Crippen MR) is 137 cm³/mol. The minimum absolute atomic E-state index is 0.0151. The summed E-state index contributed by atoms with van der Waals surface area (Å²) < 4.78 is 36.3. The topological polar surface area (TPSA) is 140 Å². The van der Waals surface area contributed by atoms with Crippen molar-refractivity contribution in [2.75, 3.05) is 11.4 Å². The molecule has 3 heterocycles. The Kier molecular flexibility index (Phi) is 6.89. The SMILES string of the molecule is COc1ccc(S(=O)(=O)N(Cc2cccnc2)c2c(C(=O)NO)cnc3c2c(C(C)(C)C)nn3C)cc1. The molecular weight excluding hydrogens is 496 g/mol. The van der Waals surface area contributed by atoms with Crippen LogP contribution in [0.25, 0.3) is 11.0 Å². The summed E-state index contributed by atoms with van der Waals surface area (Å²) >= 11 is 0. The third-order valence-electron chi connectivity index (χ3n) is 5.83. The van der Waals surface area contributed by atoms with Crippen molar-refractivity contribution in [2.45, 2.75) is 37.6 Å². The maximum atomic E-state index is 14.2. The van der Waals surface area contributed by atoms with E-state index in [1.807, 2.05) is 20.8 Å². The lowest BCUT2D eigenvalue weighted by Gasteiger charge is -2.28. The summed E-state index contributed by atoms with van der Waals surface area (Å²) in [5, 5.41) is 14.5. The highest BCUT2D eigenvalue weighted by Gasteiger charge is 2.35. The summed E-state index contributed by atoms with van der Waals surface area (Å²) in [5.41, 5.74) is 2.52. The van der Waals surface area contributed by atoms with E-state index in [1.165, 1.54) is 25.4 Å². The number of benzene rings is 1. The molecule has 0 aliphatic heterocycles. The Balaban J connectivity index is 2.10. The fourth-order valence-electron chi connectivity index (χ4n) is 4.03. The number of sulfonamides is 1. The van der Waals surface area contributed by atoms with E-state index in [9.17, 15) is 18.4 Å². The van der Waals surface area contributed by atoms with E-state index >= 15 is 0 Å². The van der Waals surface area contributed by atoms with Crippen LogP contribution in [-0.2, 0) is 29.0 Å². The summed E-state index contributed by atoms with van der Waals surface area (Å²) in [7, 11) is -1.08. The van der Waals surface area contributed by atoms with Gasteiger partial charge in [-0.15, -0.1) is 0 Å². The quantitative estimate of drug-likeness (QED) is 0.278. The maximum Gasteiger partial charge on any atom is 0.278 e. The van der Waals surface area contributed by atoms with Crippen LogP contribution in [0.3, 0.4) is 0 Å². The van der Waals surface area contributed by atoms with Gasteiger partial charge in [0.25, 0.3) is 15.9 Å². The molecule has 194 valence electrons. The number of hydrogen-bond acceptors (Lipinski definition) is 8. The average molecular weight is 525 g/mol. The zero-order chi connectivity index (χ0) is 27.0. The van der Waals surface area contributed by atoms with Crippen LogP contribution in [0.4, 0.5) is 5.69 Å². The van der Waals surface area contributed by atoms with E-state index in [0.29, 0.717) is 28.0 Å². The molecule has 0 saturated carbocycles. The summed E-state index contributed by atoms with van der Waals surface area (Å²) in [6.45, 7) is 5.65. The second-order valence-electron chi connectivity index (χ2n) is 9.43. The Morgan fingerprint density at radius 3 is 2.43 bits per heavy atom. The van der Waals surface area contributed by atoms with Crippen molar-refractivity contribution in [1.29, 1.82) is 0 Å². The molecule has 0 radical (unpaired) electrons. The molecule has 0 bridgehead atoms. The first-order chi connectivity index (χ1) is 17.5. The van der Waals surface area contributed by atoms with Crippen LogP contribution in [0.5, 0.6) is 5.75 Å². The van der Waals surface area contributed by atoms with E-state index in [0.717, 1.165) is 4.31 Å². The number of rotatable bonds is 7. The van der Waals surface area contributed by atoms with Crippen LogP contribution in [0.2, 0.25) is 0 Å². The molecule has 2 N–H and O–H groups in total. The van der Waals surface area contributed by atoms with Crippen molar-refractivity contribution in [2.24, 2.45) is 7.05 Å². The molecule has 0 fully saturated rings. The molecule has 3 aromatic heterocycles. The first-order valence-corrected chi connectivity index (χ1v) is 12.8. The highest BCUT2D eigenvalue weighted by Crippen LogP contribution is 2.40. The van der Waals surface area contributed by atoms with Crippen LogP contribution in [0.1, 0.15) is 42.4 Å². The van der Waals surface area contributed by atoms with Crippen LogP contribution >= 0.6 is 0 Å². The summed E-state index contributed by atoms with van der Waals surface area (Å²) in [4.78, 5) is 21.4. The number of hydroxylamine groups is 1. The monoisotopic (exact) mass is 524 g/mol. The summed E-state index contributed by atoms with van der Waals surface area (Å²) in [5.74, 6) is -0.416. The maximum absolute atomic E-state index is 14.2. The molecule has 12 heteroatoms. The van der Waals surface area contributed by atoms with Crippen LogP contribution in [0.15, 0.2) is 59.9 Å². The Bertz CT molecular complexity index is 1540. The van der Waals surface area contributed by atoms with Gasteiger partial charge in [-0.2, -0.15) is 5.10 Å². The first-order valence-electron chi connectivity index (χ1n) is 11.4. The molecule has 1 aromatic carbocycles. The Labute approximate surface area is 214 Å². The number of fused-ring (bicyclic) bond motifs is 1. The first kappa shape index (κ1) is 26.0. The van der Waals surface area contributed by atoms with Crippen molar-refractivity contribution in [1.82, 2.24) is 25.2 Å². The highest BCUT2D eigenvalue weighted by atomic mass is 32.2. The minimum Gasteiger partial charge on any atom is -0.497 e. The lowest BCUT2D eigenvalue weighted by molar-refractivity contribution is 0.0707. The standard InChI is InChI=1S/C25H28N6O5S/c1-25(2,3)22-20-21(19(24(32)29-33)14-27-23(20)30(4)28-22)31(15-16-7-6-12-26-13-16)37(34,35)18-10-8-17(36-5)9-11-18/h6-14,33H,15H2,1-5H3,(H,29,32). The van der Waals surface area contributed by atoms with Gasteiger partial charge in [0, 0.05) is 31.1 Å². The number of nitrogens with one attached hydrogen (secondary N) is 1. The number of aromatic nitrogens is 4. The third kappa shape index (κ3) is 4.85. The van der Waals surface area contributed by atoms with E-state index in [4.69, 9.17) is 4.74 Å². The van der Waals surface area contributed by atoms with E-state index in [-0.39, 0.29) is 22.7 Å². The largest absolute Gasteiger partial charge is 0.497 e. The van der Waals surface area contributed by atoms with Gasteiger partial charge in [0.2, 0.25) is 0 Å². The van der Waals surface area contributed by atoms with Crippen LogP contribution < -0.4 is 14.5 Å². The van der Waals surface area contributed by atoms with Gasteiger partial charge in [-0.25, -0.2) is 18.9 Å². The van der Waals surface area contributed by atoms with Crippen molar-refractivity contribution < 1.29 is 23.2 Å². The third-order valence-corrected chi connectivity index (χ3v) is 7.59. The van der Waals surface area contributed by atoms with E-state index in [2.05, 4.69) is 15.1 Å². The lowest BCUT2D eigenvalue weighted by Crippen LogP contribution is -2.34. The molecule has 4 rings (SSSR count). The number of methoxy groups -OCH3 is 1. The van der Waals surface area contributed by atoms with E-state index < -0.39 is 21.3 Å². The van der Waals surface area contributed by atoms with E-state index in [1.54, 1.807) is 53.9 Å². The Hall–Kier alpha value is -4.03. The van der Waals surface area contributed by atoms with Crippen LogP contribution in [0, 0.1) is 0 Å². The number of aryl methyl sites for hydroxylation is 1. The number of anilines is 1. The zero-order valence-electron chi connectivity index (χ0n) is 21.1. The Morgan fingerprint density at radius 1 is 1.16 bits per heavy atom. The van der Waals surface area contributed by atoms with Gasteiger partial charge in [-0.1, -0.05) is 26.8 Å². The van der Waals surface area contributed by atoms with Gasteiger partial charge in [-0.3, -0.25) is 24.0 Å². The molecule has 4 aromatic rings. The molecule has 1 amide bonds. The molecule has 0 atom stereocenters. The minimum atomic E-state index is -4.26. The fraction of sp³-hybridized carbons (Fsp3) is 0.280. The molecule has 11 nitrogen and oxygen atoms in total. The van der Waals surface area contributed by atoms with Crippen molar-refractivity contribution in [3.63, 3.8) is 0 Å². The van der Waals surface area contributed by atoms with Crippen LogP contribution in [-0.4, -0.2) is 46.4 Å². The molecule has 0 aliphatic rings. The second-order valence-corrected chi connectivity index (χ2v) is 11.3. The predicted octanol–water partition coefficient (Wildman–Crippen LogP) is 3.18. The summed E-state index contributed by atoms with van der Waals surface area (Å²) in [6.07, 6.45) is 4.37. The van der Waals surface area contributed by atoms with Crippen molar-refractivity contribution in [3.05, 3.63) is 71.8 Å². The van der Waals surface area contributed by atoms with Gasteiger partial charge < -0.3 is 4.74 Å². The van der Waals surface area contributed by atoms with Gasteiger partial charge in [0.15, 0.2) is 5.65 Å². The van der Waals surface area contributed by atoms with Gasteiger partial charge in [0.1, 0.15) is 5.75 Å². The number of carbonyl (C=O) groups is 1. The normalized spacial score (nSPS) is 11.9. The number of amides is 1. The number of ether oxygens (including phenoxy) is 1. The highest BCUT2D eigenvalue weighted by molar-refractivity contribution is 7.92. The molecule has 0 unspecified atom stereocenters. The van der Waals surface area contributed by atoms with Crippen molar-refractivity contribution in [3.8, 4) is 5.75 Å². The number of carbonyl (C=O) groups excluding carboxylic acids is 1. The number of pyridine rings is 2. The van der Waals surface area contributed by atoms with Gasteiger partial charge >= 0.3 is 0 Å². The second kappa shape index (κ2) is 9.79. The molecular formula is C25H28N6O5S.